The maximum atomic E-state index is 12.4. The zero-order chi connectivity index (χ0) is 20.5. The third kappa shape index (κ3) is 4.31. The van der Waals surface area contributed by atoms with Crippen LogP contribution in [0.5, 0.6) is 0 Å². The van der Waals surface area contributed by atoms with Gasteiger partial charge in [0.2, 0.25) is 5.91 Å². The molecule has 1 saturated heterocycles. The highest BCUT2D eigenvalue weighted by atomic mass is 32.2. The summed E-state index contributed by atoms with van der Waals surface area (Å²) >= 11 is 0. The molecule has 4 N–H and O–H groups in total. The molecule has 10 heteroatoms. The fourth-order valence-electron chi connectivity index (χ4n) is 4.21. The summed E-state index contributed by atoms with van der Waals surface area (Å²) in [6, 6.07) is 7.23. The minimum Gasteiger partial charge on any atom is -0.379 e. The van der Waals surface area contributed by atoms with E-state index in [2.05, 4.69) is 10.9 Å². The first-order valence-electron chi connectivity index (χ1n) is 9.21. The molecule has 0 aromatic heterocycles. The van der Waals surface area contributed by atoms with Crippen LogP contribution in [-0.2, 0) is 30.9 Å². The van der Waals surface area contributed by atoms with Gasteiger partial charge < -0.3 is 9.47 Å². The van der Waals surface area contributed by atoms with Crippen LogP contribution in [0.3, 0.4) is 0 Å². The molecule has 0 spiro atoms. The molecule has 3 rings (SSSR count). The molecule has 2 fully saturated rings. The standard InChI is InChI=1S/C18H28N4O5S/c1-22(28(19,24)25)12-6-4-11(5-7-12)8-15-13-9-16(26-2)17(27-3)10-14(13)18(23)21-20-15/h4-7,13-17,20H,8-10H2,1-3H3,(H,21,23)(H2,19,24,25). The number of hydrazine groups is 1. The smallest absolute Gasteiger partial charge is 0.298 e. The van der Waals surface area contributed by atoms with Gasteiger partial charge >= 0.3 is 0 Å². The van der Waals surface area contributed by atoms with Gasteiger partial charge in [-0.1, -0.05) is 12.1 Å². The number of rotatable bonds is 6. The molecule has 2 aliphatic rings. The average Bonchev–Trinajstić information content (AvgIpc) is 2.68. The fourth-order valence-corrected chi connectivity index (χ4v) is 4.63. The van der Waals surface area contributed by atoms with E-state index in [4.69, 9.17) is 14.6 Å². The largest absolute Gasteiger partial charge is 0.379 e. The van der Waals surface area contributed by atoms with E-state index in [1.807, 2.05) is 12.1 Å². The van der Waals surface area contributed by atoms with Gasteiger partial charge in [0, 0.05) is 33.2 Å². The van der Waals surface area contributed by atoms with Crippen molar-refractivity contribution in [2.75, 3.05) is 25.6 Å². The van der Waals surface area contributed by atoms with Crippen LogP contribution in [0.1, 0.15) is 18.4 Å². The highest BCUT2D eigenvalue weighted by molar-refractivity contribution is 7.90. The highest BCUT2D eigenvalue weighted by Crippen LogP contribution is 2.38. The minimum atomic E-state index is -3.79. The zero-order valence-electron chi connectivity index (χ0n) is 16.3. The first kappa shape index (κ1) is 21.0. The van der Waals surface area contributed by atoms with E-state index < -0.39 is 10.2 Å². The Balaban J connectivity index is 1.74. The number of carbonyl (C=O) groups is 1. The molecule has 5 atom stereocenters. The van der Waals surface area contributed by atoms with Gasteiger partial charge in [-0.15, -0.1) is 0 Å². The molecule has 28 heavy (non-hydrogen) atoms. The summed E-state index contributed by atoms with van der Waals surface area (Å²) in [4.78, 5) is 12.4. The van der Waals surface area contributed by atoms with E-state index in [0.29, 0.717) is 18.5 Å². The number of nitrogens with one attached hydrogen (secondary N) is 2. The lowest BCUT2D eigenvalue weighted by atomic mass is 9.70. The number of hydrogen-bond donors (Lipinski definition) is 3. The Morgan fingerprint density at radius 3 is 2.32 bits per heavy atom. The summed E-state index contributed by atoms with van der Waals surface area (Å²) in [5.41, 5.74) is 7.45. The Labute approximate surface area is 165 Å². The number of amides is 1. The molecule has 1 saturated carbocycles. The molecule has 1 amide bonds. The number of fused-ring (bicyclic) bond motifs is 1. The van der Waals surface area contributed by atoms with Gasteiger partial charge in [-0.05, 0) is 42.9 Å². The van der Waals surface area contributed by atoms with E-state index in [1.54, 1.807) is 26.4 Å². The SMILES string of the molecule is COC1CC2C(=O)NNC(Cc3ccc(N(C)S(N)(=O)=O)cc3)C2CC1OC. The van der Waals surface area contributed by atoms with Gasteiger partial charge in [0.05, 0.1) is 17.9 Å². The molecule has 1 heterocycles. The van der Waals surface area contributed by atoms with Crippen molar-refractivity contribution in [1.82, 2.24) is 10.9 Å². The molecule has 1 aliphatic carbocycles. The molecule has 1 aromatic rings. The van der Waals surface area contributed by atoms with Crippen molar-refractivity contribution in [3.63, 3.8) is 0 Å². The average molecular weight is 413 g/mol. The van der Waals surface area contributed by atoms with Gasteiger partial charge in [0.15, 0.2) is 0 Å². The number of hydrogen-bond acceptors (Lipinski definition) is 6. The van der Waals surface area contributed by atoms with Crippen LogP contribution >= 0.6 is 0 Å². The maximum Gasteiger partial charge on any atom is 0.298 e. The fraction of sp³-hybridized carbons (Fsp3) is 0.611. The number of nitrogens with zero attached hydrogens (tertiary/aromatic N) is 1. The van der Waals surface area contributed by atoms with Crippen LogP contribution in [0.15, 0.2) is 24.3 Å². The number of nitrogens with two attached hydrogens (primary N) is 1. The third-order valence-electron chi connectivity index (χ3n) is 5.90. The molecule has 1 aliphatic heterocycles. The second kappa shape index (κ2) is 8.34. The van der Waals surface area contributed by atoms with Crippen LogP contribution in [0.2, 0.25) is 0 Å². The van der Waals surface area contributed by atoms with Crippen molar-refractivity contribution in [1.29, 1.82) is 0 Å². The number of methoxy groups -OCH3 is 2. The van der Waals surface area contributed by atoms with Gasteiger partial charge in [-0.2, -0.15) is 8.42 Å². The molecule has 156 valence electrons. The summed E-state index contributed by atoms with van der Waals surface area (Å²) in [5.74, 6) is -0.0183. The summed E-state index contributed by atoms with van der Waals surface area (Å²) in [6.07, 6.45) is 1.91. The lowest BCUT2D eigenvalue weighted by Gasteiger charge is -2.46. The third-order valence-corrected chi connectivity index (χ3v) is 6.87. The van der Waals surface area contributed by atoms with E-state index in [9.17, 15) is 13.2 Å². The number of anilines is 1. The van der Waals surface area contributed by atoms with Crippen LogP contribution in [0.25, 0.3) is 0 Å². The van der Waals surface area contributed by atoms with Crippen molar-refractivity contribution in [3.8, 4) is 0 Å². The van der Waals surface area contributed by atoms with Crippen molar-refractivity contribution >= 4 is 21.8 Å². The van der Waals surface area contributed by atoms with E-state index in [-0.39, 0.29) is 36.0 Å². The number of benzene rings is 1. The van der Waals surface area contributed by atoms with E-state index in [0.717, 1.165) is 16.3 Å². The number of ether oxygens (including phenoxy) is 2. The molecule has 1 aromatic carbocycles. The molecular weight excluding hydrogens is 384 g/mol. The lowest BCUT2D eigenvalue weighted by molar-refractivity contribution is -0.145. The predicted octanol–water partition coefficient (Wildman–Crippen LogP) is -0.0720. The Kier molecular flexibility index (Phi) is 6.25. The topological polar surface area (TPSA) is 123 Å². The first-order valence-corrected chi connectivity index (χ1v) is 10.7. The van der Waals surface area contributed by atoms with Crippen LogP contribution in [0.4, 0.5) is 5.69 Å². The van der Waals surface area contributed by atoms with Gasteiger partial charge in [-0.25, -0.2) is 10.6 Å². The monoisotopic (exact) mass is 412 g/mol. The predicted molar refractivity (Wildman–Crippen MR) is 105 cm³/mol. The molecule has 0 radical (unpaired) electrons. The van der Waals surface area contributed by atoms with Crippen molar-refractivity contribution in [3.05, 3.63) is 29.8 Å². The Hall–Kier alpha value is -1.72. The van der Waals surface area contributed by atoms with Crippen molar-refractivity contribution < 1.29 is 22.7 Å². The molecule has 0 bridgehead atoms. The second-order valence-corrected chi connectivity index (χ2v) is 8.99. The van der Waals surface area contributed by atoms with Crippen LogP contribution in [-0.4, -0.2) is 53.8 Å². The Morgan fingerprint density at radius 1 is 1.14 bits per heavy atom. The Morgan fingerprint density at radius 2 is 1.75 bits per heavy atom. The summed E-state index contributed by atoms with van der Waals surface area (Å²) in [6.45, 7) is 0. The highest BCUT2D eigenvalue weighted by Gasteiger charge is 2.46. The van der Waals surface area contributed by atoms with E-state index in [1.165, 1.54) is 7.05 Å². The summed E-state index contributed by atoms with van der Waals surface area (Å²) < 4.78 is 35.1. The first-order chi connectivity index (χ1) is 13.2. The molecule has 9 nitrogen and oxygen atoms in total. The second-order valence-electron chi connectivity index (χ2n) is 7.41. The lowest BCUT2D eigenvalue weighted by Crippen LogP contribution is -2.63. The molecular formula is C18H28N4O5S. The number of carbonyl (C=O) groups excluding carboxylic acids is 1. The van der Waals surface area contributed by atoms with E-state index >= 15 is 0 Å². The quantitative estimate of drug-likeness (QED) is 0.601. The van der Waals surface area contributed by atoms with Crippen LogP contribution in [0, 0.1) is 11.8 Å². The minimum absolute atomic E-state index is 0.0111. The normalized spacial score (nSPS) is 30.4. The summed E-state index contributed by atoms with van der Waals surface area (Å²) in [7, 11) is 0.938. The summed E-state index contributed by atoms with van der Waals surface area (Å²) in [5, 5.41) is 5.16. The van der Waals surface area contributed by atoms with Gasteiger partial charge in [0.1, 0.15) is 0 Å². The van der Waals surface area contributed by atoms with Crippen LogP contribution < -0.4 is 20.3 Å². The Bertz CT molecular complexity index is 801. The molecule has 5 unspecified atom stereocenters. The van der Waals surface area contributed by atoms with Gasteiger partial charge in [0.25, 0.3) is 10.2 Å². The van der Waals surface area contributed by atoms with Crippen molar-refractivity contribution in [2.24, 2.45) is 17.0 Å². The van der Waals surface area contributed by atoms with Crippen molar-refractivity contribution in [2.45, 2.75) is 37.5 Å². The zero-order valence-corrected chi connectivity index (χ0v) is 17.1. The maximum absolute atomic E-state index is 12.4. The van der Waals surface area contributed by atoms with Gasteiger partial charge in [-0.3, -0.25) is 14.5 Å².